The fraction of sp³-hybridized carbons (Fsp3) is 1.00. The van der Waals surface area contributed by atoms with E-state index in [9.17, 15) is 0 Å². The zero-order valence-corrected chi connectivity index (χ0v) is 9.67. The zero-order chi connectivity index (χ0) is 10.4. The van der Waals surface area contributed by atoms with Crippen LogP contribution in [-0.4, -0.2) is 18.8 Å². The van der Waals surface area contributed by atoms with E-state index in [1.807, 2.05) is 0 Å². The molecule has 0 aliphatic carbocycles. The molecule has 0 radical (unpaired) electrons. The SMILES string of the molecule is CCCC(C)CC(N)C1CCCCO1. The van der Waals surface area contributed by atoms with Crippen LogP contribution in [0.2, 0.25) is 0 Å². The van der Waals surface area contributed by atoms with Crippen molar-refractivity contribution >= 4 is 0 Å². The van der Waals surface area contributed by atoms with E-state index in [4.69, 9.17) is 10.5 Å². The number of ether oxygens (including phenoxy) is 1. The monoisotopic (exact) mass is 199 g/mol. The molecule has 1 aliphatic rings. The molecule has 0 bridgehead atoms. The maximum Gasteiger partial charge on any atom is 0.0726 e. The number of hydrogen-bond donors (Lipinski definition) is 1. The third-order valence-corrected chi connectivity index (χ3v) is 3.15. The van der Waals surface area contributed by atoms with Crippen LogP contribution in [0.1, 0.15) is 52.4 Å². The first-order chi connectivity index (χ1) is 6.74. The first-order valence-corrected chi connectivity index (χ1v) is 6.11. The van der Waals surface area contributed by atoms with Gasteiger partial charge in [-0.1, -0.05) is 26.7 Å². The Morgan fingerprint density at radius 3 is 2.79 bits per heavy atom. The summed E-state index contributed by atoms with van der Waals surface area (Å²) < 4.78 is 5.69. The molecule has 0 aromatic heterocycles. The lowest BCUT2D eigenvalue weighted by Gasteiger charge is -2.29. The second-order valence-corrected chi connectivity index (χ2v) is 4.70. The summed E-state index contributed by atoms with van der Waals surface area (Å²) >= 11 is 0. The highest BCUT2D eigenvalue weighted by Gasteiger charge is 2.22. The predicted molar refractivity (Wildman–Crippen MR) is 60.3 cm³/mol. The first-order valence-electron chi connectivity index (χ1n) is 6.11. The van der Waals surface area contributed by atoms with E-state index in [1.165, 1.54) is 32.1 Å². The third-order valence-electron chi connectivity index (χ3n) is 3.15. The first kappa shape index (κ1) is 12.0. The van der Waals surface area contributed by atoms with Gasteiger partial charge >= 0.3 is 0 Å². The lowest BCUT2D eigenvalue weighted by Crippen LogP contribution is -2.40. The van der Waals surface area contributed by atoms with Crippen molar-refractivity contribution in [3.05, 3.63) is 0 Å². The molecule has 0 aromatic rings. The van der Waals surface area contributed by atoms with Crippen LogP contribution in [0.25, 0.3) is 0 Å². The van der Waals surface area contributed by atoms with Crippen molar-refractivity contribution in [2.75, 3.05) is 6.61 Å². The molecule has 1 aliphatic heterocycles. The van der Waals surface area contributed by atoms with E-state index in [-0.39, 0.29) is 6.04 Å². The second-order valence-electron chi connectivity index (χ2n) is 4.70. The van der Waals surface area contributed by atoms with Crippen LogP contribution < -0.4 is 5.73 Å². The Labute approximate surface area is 88.2 Å². The average Bonchev–Trinajstić information content (AvgIpc) is 2.19. The van der Waals surface area contributed by atoms with Gasteiger partial charge in [-0.15, -0.1) is 0 Å². The molecule has 2 heteroatoms. The van der Waals surface area contributed by atoms with Gasteiger partial charge in [0.1, 0.15) is 0 Å². The van der Waals surface area contributed by atoms with Crippen LogP contribution in [0, 0.1) is 5.92 Å². The predicted octanol–water partition coefficient (Wildman–Crippen LogP) is 2.71. The van der Waals surface area contributed by atoms with E-state index < -0.39 is 0 Å². The fourth-order valence-electron chi connectivity index (χ4n) is 2.33. The summed E-state index contributed by atoms with van der Waals surface area (Å²) in [7, 11) is 0. The highest BCUT2D eigenvalue weighted by Crippen LogP contribution is 2.20. The van der Waals surface area contributed by atoms with Gasteiger partial charge < -0.3 is 10.5 Å². The van der Waals surface area contributed by atoms with Crippen LogP contribution in [0.15, 0.2) is 0 Å². The molecule has 0 saturated carbocycles. The summed E-state index contributed by atoms with van der Waals surface area (Å²) in [5.74, 6) is 0.750. The van der Waals surface area contributed by atoms with Crippen molar-refractivity contribution in [2.24, 2.45) is 11.7 Å². The molecule has 1 fully saturated rings. The fourth-order valence-corrected chi connectivity index (χ4v) is 2.33. The van der Waals surface area contributed by atoms with Gasteiger partial charge in [0.15, 0.2) is 0 Å². The van der Waals surface area contributed by atoms with Gasteiger partial charge in [-0.3, -0.25) is 0 Å². The van der Waals surface area contributed by atoms with Crippen molar-refractivity contribution in [1.29, 1.82) is 0 Å². The van der Waals surface area contributed by atoms with Crippen LogP contribution in [-0.2, 0) is 4.74 Å². The van der Waals surface area contributed by atoms with Crippen LogP contribution in [0.3, 0.4) is 0 Å². The molecule has 1 heterocycles. The quantitative estimate of drug-likeness (QED) is 0.739. The van der Waals surface area contributed by atoms with Crippen molar-refractivity contribution in [3.63, 3.8) is 0 Å². The molecule has 14 heavy (non-hydrogen) atoms. The van der Waals surface area contributed by atoms with Gasteiger partial charge in [0.25, 0.3) is 0 Å². The molecular formula is C12H25NO. The van der Waals surface area contributed by atoms with Gasteiger partial charge in [0.05, 0.1) is 6.10 Å². The molecule has 84 valence electrons. The molecule has 3 atom stereocenters. The molecule has 3 unspecified atom stereocenters. The minimum absolute atomic E-state index is 0.261. The Kier molecular flexibility index (Phi) is 5.49. The van der Waals surface area contributed by atoms with Crippen LogP contribution in [0.4, 0.5) is 0 Å². The van der Waals surface area contributed by atoms with Crippen molar-refractivity contribution in [1.82, 2.24) is 0 Å². The van der Waals surface area contributed by atoms with Gasteiger partial charge in [0, 0.05) is 12.6 Å². The highest BCUT2D eigenvalue weighted by molar-refractivity contribution is 4.77. The molecule has 1 saturated heterocycles. The van der Waals surface area contributed by atoms with Gasteiger partial charge in [-0.05, 0) is 31.6 Å². The molecule has 0 aromatic carbocycles. The lowest BCUT2D eigenvalue weighted by molar-refractivity contribution is -0.00382. The van der Waals surface area contributed by atoms with Gasteiger partial charge in [0.2, 0.25) is 0 Å². The summed E-state index contributed by atoms with van der Waals surface area (Å²) in [5, 5.41) is 0. The summed E-state index contributed by atoms with van der Waals surface area (Å²) in [6, 6.07) is 0.261. The molecule has 1 rings (SSSR count). The van der Waals surface area contributed by atoms with E-state index in [1.54, 1.807) is 0 Å². The zero-order valence-electron chi connectivity index (χ0n) is 9.67. The Balaban J connectivity index is 2.21. The molecule has 2 nitrogen and oxygen atoms in total. The topological polar surface area (TPSA) is 35.2 Å². The number of hydrogen-bond acceptors (Lipinski definition) is 2. The maximum absolute atomic E-state index is 6.15. The van der Waals surface area contributed by atoms with Crippen molar-refractivity contribution < 1.29 is 4.74 Å². The molecule has 2 N–H and O–H groups in total. The Bertz CT molecular complexity index is 143. The summed E-state index contributed by atoms with van der Waals surface area (Å²) in [6.45, 7) is 5.45. The normalized spacial score (nSPS) is 27.2. The Morgan fingerprint density at radius 2 is 2.21 bits per heavy atom. The maximum atomic E-state index is 6.15. The van der Waals surface area contributed by atoms with Crippen LogP contribution in [0.5, 0.6) is 0 Å². The Morgan fingerprint density at radius 1 is 1.43 bits per heavy atom. The van der Waals surface area contributed by atoms with Crippen LogP contribution >= 0.6 is 0 Å². The standard InChI is InChI=1S/C12H25NO/c1-3-6-10(2)9-11(13)12-7-4-5-8-14-12/h10-12H,3-9,13H2,1-2H3. The van der Waals surface area contributed by atoms with Gasteiger partial charge in [-0.2, -0.15) is 0 Å². The van der Waals surface area contributed by atoms with E-state index >= 15 is 0 Å². The number of rotatable bonds is 5. The highest BCUT2D eigenvalue weighted by atomic mass is 16.5. The number of nitrogens with two attached hydrogens (primary N) is 1. The lowest BCUT2D eigenvalue weighted by atomic mass is 9.92. The average molecular weight is 199 g/mol. The third kappa shape index (κ3) is 3.97. The minimum atomic E-state index is 0.261. The summed E-state index contributed by atoms with van der Waals surface area (Å²) in [4.78, 5) is 0. The molecular weight excluding hydrogens is 174 g/mol. The van der Waals surface area contributed by atoms with E-state index in [0.717, 1.165) is 18.9 Å². The second kappa shape index (κ2) is 6.41. The summed E-state index contributed by atoms with van der Waals surface area (Å²) in [6.07, 6.45) is 7.69. The van der Waals surface area contributed by atoms with Gasteiger partial charge in [-0.25, -0.2) is 0 Å². The van der Waals surface area contributed by atoms with E-state index in [2.05, 4.69) is 13.8 Å². The largest absolute Gasteiger partial charge is 0.377 e. The molecule has 0 amide bonds. The smallest absolute Gasteiger partial charge is 0.0726 e. The van der Waals surface area contributed by atoms with Crippen molar-refractivity contribution in [3.8, 4) is 0 Å². The summed E-state index contributed by atoms with van der Waals surface area (Å²) in [5.41, 5.74) is 6.15. The van der Waals surface area contributed by atoms with E-state index in [0.29, 0.717) is 6.10 Å². The Hall–Kier alpha value is -0.0800. The molecule has 0 spiro atoms. The van der Waals surface area contributed by atoms with Crippen molar-refractivity contribution in [2.45, 2.75) is 64.5 Å². The minimum Gasteiger partial charge on any atom is -0.377 e.